The first-order valence-corrected chi connectivity index (χ1v) is 6.51. The normalized spacial score (nSPS) is 11.0. The topological polar surface area (TPSA) is 17.8 Å². The monoisotopic (exact) mass is 240 g/mol. The van der Waals surface area contributed by atoms with Gasteiger partial charge in [0.15, 0.2) is 0 Å². The Balaban J connectivity index is 2.02. The highest BCUT2D eigenvalue weighted by molar-refractivity contribution is 7.97. The molecule has 0 aliphatic heterocycles. The number of hydrogen-bond donors (Lipinski definition) is 0. The first-order valence-electron chi connectivity index (χ1n) is 5.03. The average molecular weight is 241 g/mol. The Hall–Kier alpha value is -0.670. The van der Waals surface area contributed by atoms with Crippen LogP contribution in [0.15, 0.2) is 30.6 Å². The van der Waals surface area contributed by atoms with E-state index in [9.17, 15) is 0 Å². The highest BCUT2D eigenvalue weighted by Gasteiger charge is 2.00. The lowest BCUT2D eigenvalue weighted by Crippen LogP contribution is -1.88. The first-order chi connectivity index (χ1) is 7.42. The molecule has 0 aliphatic carbocycles. The Morgan fingerprint density at radius 2 is 2.13 bits per heavy atom. The molecule has 0 spiro atoms. The van der Waals surface area contributed by atoms with Crippen molar-refractivity contribution in [3.8, 4) is 0 Å². The van der Waals surface area contributed by atoms with Crippen molar-refractivity contribution in [1.29, 1.82) is 0 Å². The van der Waals surface area contributed by atoms with Crippen LogP contribution in [0.25, 0.3) is 11.0 Å². The predicted octanol–water partition coefficient (Wildman–Crippen LogP) is 3.55. The molecule has 2 nitrogen and oxygen atoms in total. The number of para-hydroxylation sites is 2. The Bertz CT molecular complexity index is 427. The lowest BCUT2D eigenvalue weighted by molar-refractivity contribution is 0.901. The van der Waals surface area contributed by atoms with Crippen LogP contribution in [0.3, 0.4) is 0 Å². The maximum atomic E-state index is 5.63. The molecule has 0 unspecified atom stereocenters. The Morgan fingerprint density at radius 1 is 1.27 bits per heavy atom. The molecular weight excluding hydrogens is 228 g/mol. The number of benzene rings is 1. The van der Waals surface area contributed by atoms with Crippen molar-refractivity contribution in [2.75, 3.05) is 11.6 Å². The van der Waals surface area contributed by atoms with E-state index in [-0.39, 0.29) is 0 Å². The second kappa shape index (κ2) is 5.42. The van der Waals surface area contributed by atoms with Crippen LogP contribution in [-0.4, -0.2) is 20.6 Å². The molecule has 0 aliphatic rings. The fraction of sp³-hybridized carbons (Fsp3) is 0.364. The summed E-state index contributed by atoms with van der Waals surface area (Å²) in [4.78, 5) is 4.33. The number of nitrogens with zero attached hydrogens (tertiary/aromatic N) is 2. The van der Waals surface area contributed by atoms with Gasteiger partial charge < -0.3 is 0 Å². The van der Waals surface area contributed by atoms with Crippen molar-refractivity contribution in [3.63, 3.8) is 0 Å². The number of fused-ring (bicyclic) bond motifs is 1. The highest BCUT2D eigenvalue weighted by atomic mass is 35.5. The summed E-state index contributed by atoms with van der Waals surface area (Å²) in [6.45, 7) is 0. The summed E-state index contributed by atoms with van der Waals surface area (Å²) in [6, 6.07) is 8.18. The van der Waals surface area contributed by atoms with Gasteiger partial charge in [-0.25, -0.2) is 4.98 Å². The van der Waals surface area contributed by atoms with Crippen molar-refractivity contribution in [1.82, 2.24) is 8.96 Å². The van der Waals surface area contributed by atoms with Crippen molar-refractivity contribution >= 4 is 34.6 Å². The Kier molecular flexibility index (Phi) is 3.92. The van der Waals surface area contributed by atoms with E-state index in [1.165, 1.54) is 5.52 Å². The zero-order chi connectivity index (χ0) is 10.5. The summed E-state index contributed by atoms with van der Waals surface area (Å²) in [6.07, 6.45) is 4.12. The van der Waals surface area contributed by atoms with Gasteiger partial charge in [0, 0.05) is 11.6 Å². The smallest absolute Gasteiger partial charge is 0.106 e. The number of hydrogen-bond acceptors (Lipinski definition) is 2. The molecule has 15 heavy (non-hydrogen) atoms. The molecule has 0 saturated carbocycles. The van der Waals surface area contributed by atoms with E-state index in [0.717, 1.165) is 30.0 Å². The van der Waals surface area contributed by atoms with Gasteiger partial charge in [0.1, 0.15) is 6.33 Å². The fourth-order valence-electron chi connectivity index (χ4n) is 1.40. The Morgan fingerprint density at radius 3 is 3.00 bits per heavy atom. The summed E-state index contributed by atoms with van der Waals surface area (Å²) in [5.41, 5.74) is 2.25. The molecule has 80 valence electrons. The number of unbranched alkanes of at least 4 members (excludes halogenated alkanes) is 1. The Labute approximate surface area is 98.8 Å². The van der Waals surface area contributed by atoms with E-state index in [4.69, 9.17) is 11.6 Å². The molecule has 2 aromatic rings. The minimum atomic E-state index is 0.755. The lowest BCUT2D eigenvalue weighted by Gasteiger charge is -2.01. The van der Waals surface area contributed by atoms with Crippen LogP contribution in [0, 0.1) is 0 Å². The van der Waals surface area contributed by atoms with Crippen LogP contribution in [0.2, 0.25) is 0 Å². The molecule has 1 aromatic carbocycles. The number of rotatable bonds is 5. The molecule has 4 heteroatoms. The van der Waals surface area contributed by atoms with Gasteiger partial charge in [-0.15, -0.1) is 11.6 Å². The minimum absolute atomic E-state index is 0.755. The molecule has 0 radical (unpaired) electrons. The van der Waals surface area contributed by atoms with Gasteiger partial charge in [0.25, 0.3) is 0 Å². The first kappa shape index (κ1) is 10.8. The van der Waals surface area contributed by atoms with Gasteiger partial charge in [-0.3, -0.25) is 3.97 Å². The molecular formula is C11H13ClN2S. The summed E-state index contributed by atoms with van der Waals surface area (Å²) >= 11 is 7.42. The van der Waals surface area contributed by atoms with Gasteiger partial charge in [0.2, 0.25) is 0 Å². The highest BCUT2D eigenvalue weighted by Crippen LogP contribution is 2.18. The zero-order valence-electron chi connectivity index (χ0n) is 8.40. The van der Waals surface area contributed by atoms with Crippen LogP contribution < -0.4 is 0 Å². The quantitative estimate of drug-likeness (QED) is 0.588. The van der Waals surface area contributed by atoms with Crippen LogP contribution in [0.4, 0.5) is 0 Å². The van der Waals surface area contributed by atoms with Gasteiger partial charge in [-0.2, -0.15) is 0 Å². The maximum Gasteiger partial charge on any atom is 0.106 e. The molecule has 0 fully saturated rings. The van der Waals surface area contributed by atoms with Crippen LogP contribution in [0.5, 0.6) is 0 Å². The molecule has 0 saturated heterocycles. The zero-order valence-corrected chi connectivity index (χ0v) is 9.97. The number of aromatic nitrogens is 2. The fourth-order valence-corrected chi connectivity index (χ4v) is 2.53. The van der Waals surface area contributed by atoms with Crippen molar-refractivity contribution < 1.29 is 0 Å². The van der Waals surface area contributed by atoms with Gasteiger partial charge in [-0.05, 0) is 36.9 Å². The SMILES string of the molecule is ClCCCCSn1cnc2ccccc21. The average Bonchev–Trinajstić information content (AvgIpc) is 2.68. The van der Waals surface area contributed by atoms with Crippen molar-refractivity contribution in [2.45, 2.75) is 12.8 Å². The number of imidazole rings is 1. The summed E-state index contributed by atoms with van der Waals surface area (Å²) in [5.74, 6) is 1.85. The third-order valence-electron chi connectivity index (χ3n) is 2.18. The molecule has 2 rings (SSSR count). The van der Waals surface area contributed by atoms with Gasteiger partial charge in [0.05, 0.1) is 11.0 Å². The van der Waals surface area contributed by atoms with Gasteiger partial charge in [-0.1, -0.05) is 12.1 Å². The third kappa shape index (κ3) is 2.67. The number of halogens is 1. The van der Waals surface area contributed by atoms with Crippen molar-refractivity contribution in [3.05, 3.63) is 30.6 Å². The standard InChI is InChI=1S/C11H13ClN2S/c12-7-3-4-8-15-14-9-13-10-5-1-2-6-11(10)14/h1-2,5-6,9H,3-4,7-8H2. The third-order valence-corrected chi connectivity index (χ3v) is 3.49. The summed E-state index contributed by atoms with van der Waals surface area (Å²) in [5, 5.41) is 0. The van der Waals surface area contributed by atoms with E-state index in [1.54, 1.807) is 11.9 Å². The molecule has 0 bridgehead atoms. The summed E-state index contributed by atoms with van der Waals surface area (Å²) in [7, 11) is 0. The second-order valence-electron chi connectivity index (χ2n) is 3.29. The largest absolute Gasteiger partial charge is 0.272 e. The predicted molar refractivity (Wildman–Crippen MR) is 67.5 cm³/mol. The van der Waals surface area contributed by atoms with E-state index >= 15 is 0 Å². The van der Waals surface area contributed by atoms with Crippen molar-refractivity contribution in [2.24, 2.45) is 0 Å². The lowest BCUT2D eigenvalue weighted by atomic mass is 10.3. The van der Waals surface area contributed by atoms with Crippen LogP contribution >= 0.6 is 23.5 Å². The number of alkyl halides is 1. The molecule has 1 heterocycles. The van der Waals surface area contributed by atoms with Crippen LogP contribution in [0.1, 0.15) is 12.8 Å². The van der Waals surface area contributed by atoms with E-state index in [0.29, 0.717) is 0 Å². The summed E-state index contributed by atoms with van der Waals surface area (Å²) < 4.78 is 2.13. The minimum Gasteiger partial charge on any atom is -0.272 e. The van der Waals surface area contributed by atoms with E-state index in [2.05, 4.69) is 15.0 Å². The second-order valence-corrected chi connectivity index (χ2v) is 4.73. The maximum absolute atomic E-state index is 5.63. The van der Waals surface area contributed by atoms with E-state index in [1.807, 2.05) is 24.5 Å². The molecule has 0 amide bonds. The molecule has 0 N–H and O–H groups in total. The molecule has 0 atom stereocenters. The van der Waals surface area contributed by atoms with Gasteiger partial charge >= 0.3 is 0 Å². The van der Waals surface area contributed by atoms with Crippen LogP contribution in [-0.2, 0) is 0 Å². The molecule has 1 aromatic heterocycles. The van der Waals surface area contributed by atoms with E-state index < -0.39 is 0 Å².